The van der Waals surface area contributed by atoms with Crippen molar-refractivity contribution in [1.82, 2.24) is 9.80 Å². The van der Waals surface area contributed by atoms with Gasteiger partial charge >= 0.3 is 5.97 Å². The second kappa shape index (κ2) is 7.41. The summed E-state index contributed by atoms with van der Waals surface area (Å²) in [5.41, 5.74) is 2.53. The van der Waals surface area contributed by atoms with Gasteiger partial charge in [0.25, 0.3) is 0 Å². The van der Waals surface area contributed by atoms with Gasteiger partial charge in [-0.2, -0.15) is 0 Å². The molecule has 6 nitrogen and oxygen atoms in total. The first-order valence-corrected chi connectivity index (χ1v) is 10.1. The van der Waals surface area contributed by atoms with Crippen LogP contribution in [0.5, 0.6) is 0 Å². The topological polar surface area (TPSA) is 56.2 Å². The average molecular weight is 373 g/mol. The second-order valence-electron chi connectivity index (χ2n) is 8.42. The van der Waals surface area contributed by atoms with Gasteiger partial charge < -0.3 is 19.6 Å². The summed E-state index contributed by atoms with van der Waals surface area (Å²) < 4.78 is 5.50. The smallest absolute Gasteiger partial charge is 0.337 e. The van der Waals surface area contributed by atoms with Crippen molar-refractivity contribution in [2.75, 3.05) is 58.4 Å². The highest BCUT2D eigenvalue weighted by molar-refractivity contribution is 5.95. The van der Waals surface area contributed by atoms with Gasteiger partial charge in [-0.1, -0.05) is 6.07 Å². The Labute approximate surface area is 161 Å². The lowest BCUT2D eigenvalue weighted by atomic mass is 9.98. The summed E-state index contributed by atoms with van der Waals surface area (Å²) in [6, 6.07) is 6.58. The number of rotatable bonds is 6. The summed E-state index contributed by atoms with van der Waals surface area (Å²) in [4.78, 5) is 19.1. The van der Waals surface area contributed by atoms with Crippen LogP contribution in [0.3, 0.4) is 0 Å². The summed E-state index contributed by atoms with van der Waals surface area (Å²) in [5.74, 6) is -0.819. The van der Waals surface area contributed by atoms with Gasteiger partial charge in [0, 0.05) is 37.8 Å². The number of anilines is 1. The number of ether oxygens (including phenoxy) is 1. The van der Waals surface area contributed by atoms with E-state index in [1.165, 1.54) is 0 Å². The van der Waals surface area contributed by atoms with Crippen molar-refractivity contribution in [2.45, 2.75) is 37.3 Å². The zero-order valence-electron chi connectivity index (χ0n) is 16.5. The fourth-order valence-corrected chi connectivity index (χ4v) is 4.91. The number of carbonyl (C=O) groups is 1. The quantitative estimate of drug-likeness (QED) is 0.825. The highest BCUT2D eigenvalue weighted by atomic mass is 16.5. The van der Waals surface area contributed by atoms with Crippen LogP contribution >= 0.6 is 0 Å². The molecule has 148 valence electrons. The Morgan fingerprint density at radius 2 is 2.00 bits per heavy atom. The Morgan fingerprint density at radius 1 is 1.26 bits per heavy atom. The molecule has 4 rings (SSSR count). The molecule has 6 heteroatoms. The first-order valence-electron chi connectivity index (χ1n) is 10.1. The van der Waals surface area contributed by atoms with E-state index in [0.717, 1.165) is 76.3 Å². The normalized spacial score (nSPS) is 25.1. The van der Waals surface area contributed by atoms with Crippen LogP contribution in [0.25, 0.3) is 0 Å². The zero-order chi connectivity index (χ0) is 19.0. The number of carboxylic acid groups (broad SMARTS) is 1. The minimum Gasteiger partial charge on any atom is -0.478 e. The maximum atomic E-state index is 12.1. The SMILES string of the molecule is CN(C)CC1CCCN1c1ccc(C2(N3CCOCC3)CC2)cc1C(=O)O. The molecule has 0 amide bonds. The van der Waals surface area contributed by atoms with Crippen molar-refractivity contribution in [1.29, 1.82) is 0 Å². The molecule has 1 saturated carbocycles. The lowest BCUT2D eigenvalue weighted by Gasteiger charge is -2.36. The van der Waals surface area contributed by atoms with Crippen LogP contribution in [0, 0.1) is 0 Å². The first kappa shape index (κ1) is 18.7. The van der Waals surface area contributed by atoms with Crippen molar-refractivity contribution >= 4 is 11.7 Å². The average Bonchev–Trinajstić information content (AvgIpc) is 3.36. The third kappa shape index (κ3) is 3.58. The highest BCUT2D eigenvalue weighted by Gasteiger charge is 2.50. The Hall–Kier alpha value is -1.63. The van der Waals surface area contributed by atoms with Gasteiger partial charge in [-0.05, 0) is 57.5 Å². The van der Waals surface area contributed by atoms with Crippen LogP contribution in [0.15, 0.2) is 18.2 Å². The molecule has 1 aromatic rings. The van der Waals surface area contributed by atoms with E-state index in [1.807, 2.05) is 6.07 Å². The van der Waals surface area contributed by atoms with Crippen LogP contribution in [0.2, 0.25) is 0 Å². The number of benzene rings is 1. The van der Waals surface area contributed by atoms with Crippen molar-refractivity contribution < 1.29 is 14.6 Å². The molecule has 3 aliphatic rings. The molecule has 27 heavy (non-hydrogen) atoms. The molecule has 1 aliphatic carbocycles. The molecular formula is C21H31N3O3. The maximum Gasteiger partial charge on any atom is 0.337 e. The van der Waals surface area contributed by atoms with Gasteiger partial charge in [-0.25, -0.2) is 4.79 Å². The summed E-state index contributed by atoms with van der Waals surface area (Å²) >= 11 is 0. The first-order chi connectivity index (χ1) is 13.0. The van der Waals surface area contributed by atoms with Crippen LogP contribution in [-0.4, -0.2) is 80.4 Å². The minimum atomic E-state index is -0.819. The maximum absolute atomic E-state index is 12.1. The van der Waals surface area contributed by atoms with Gasteiger partial charge in [0.2, 0.25) is 0 Å². The van der Waals surface area contributed by atoms with E-state index in [4.69, 9.17) is 4.74 Å². The molecule has 1 aromatic carbocycles. The number of morpholine rings is 1. The number of carboxylic acids is 1. The molecule has 1 unspecified atom stereocenters. The number of aromatic carboxylic acids is 1. The summed E-state index contributed by atoms with van der Waals surface area (Å²) in [6.45, 7) is 5.30. The molecule has 2 aliphatic heterocycles. The molecule has 0 bridgehead atoms. The molecule has 0 aromatic heterocycles. The van der Waals surface area contributed by atoms with Crippen molar-refractivity contribution in [2.24, 2.45) is 0 Å². The molecule has 1 N–H and O–H groups in total. The summed E-state index contributed by atoms with van der Waals surface area (Å²) in [5, 5.41) is 9.94. The van der Waals surface area contributed by atoms with Crippen LogP contribution in [0.1, 0.15) is 41.6 Å². The predicted octanol–water partition coefficient (Wildman–Crippen LogP) is 2.24. The standard InChI is InChI=1S/C21H31N3O3/c1-22(2)15-17-4-3-9-24(17)19-6-5-16(14-18(19)20(25)26)21(7-8-21)23-10-12-27-13-11-23/h5-6,14,17H,3-4,7-13,15H2,1-2H3,(H,25,26). The molecule has 2 saturated heterocycles. The van der Waals surface area contributed by atoms with Crippen molar-refractivity contribution in [3.05, 3.63) is 29.3 Å². The van der Waals surface area contributed by atoms with E-state index >= 15 is 0 Å². The van der Waals surface area contributed by atoms with Crippen LogP contribution in [0.4, 0.5) is 5.69 Å². The van der Waals surface area contributed by atoms with E-state index in [-0.39, 0.29) is 5.54 Å². The Bertz CT molecular complexity index is 696. The lowest BCUT2D eigenvalue weighted by molar-refractivity contribution is 0.00832. The van der Waals surface area contributed by atoms with E-state index in [2.05, 4.69) is 40.9 Å². The molecule has 0 radical (unpaired) electrons. The molecular weight excluding hydrogens is 342 g/mol. The van der Waals surface area contributed by atoms with Crippen molar-refractivity contribution in [3.63, 3.8) is 0 Å². The van der Waals surface area contributed by atoms with E-state index in [1.54, 1.807) is 0 Å². The monoisotopic (exact) mass is 373 g/mol. The Balaban J connectivity index is 1.64. The molecule has 0 spiro atoms. The van der Waals surface area contributed by atoms with Crippen LogP contribution < -0.4 is 4.90 Å². The Morgan fingerprint density at radius 3 is 2.63 bits per heavy atom. The van der Waals surface area contributed by atoms with Gasteiger partial charge in [-0.3, -0.25) is 4.90 Å². The fraction of sp³-hybridized carbons (Fsp3) is 0.667. The number of hydrogen-bond donors (Lipinski definition) is 1. The fourth-order valence-electron chi connectivity index (χ4n) is 4.91. The highest BCUT2D eigenvalue weighted by Crippen LogP contribution is 2.52. The van der Waals surface area contributed by atoms with E-state index in [0.29, 0.717) is 11.6 Å². The third-order valence-corrected chi connectivity index (χ3v) is 6.37. The van der Waals surface area contributed by atoms with E-state index in [9.17, 15) is 9.90 Å². The zero-order valence-corrected chi connectivity index (χ0v) is 16.5. The number of nitrogens with zero attached hydrogens (tertiary/aromatic N) is 3. The molecule has 2 heterocycles. The predicted molar refractivity (Wildman–Crippen MR) is 106 cm³/mol. The Kier molecular flexibility index (Phi) is 5.14. The van der Waals surface area contributed by atoms with Crippen LogP contribution in [-0.2, 0) is 10.3 Å². The minimum absolute atomic E-state index is 0.0283. The van der Waals surface area contributed by atoms with Gasteiger partial charge in [-0.15, -0.1) is 0 Å². The number of likely N-dealkylation sites (N-methyl/N-ethyl adjacent to an activating group) is 1. The largest absolute Gasteiger partial charge is 0.478 e. The molecule has 1 atom stereocenters. The summed E-state index contributed by atoms with van der Waals surface area (Å²) in [6.07, 6.45) is 4.46. The van der Waals surface area contributed by atoms with E-state index < -0.39 is 5.97 Å². The number of hydrogen-bond acceptors (Lipinski definition) is 5. The van der Waals surface area contributed by atoms with Gasteiger partial charge in [0.05, 0.1) is 24.5 Å². The van der Waals surface area contributed by atoms with Gasteiger partial charge in [0.15, 0.2) is 0 Å². The third-order valence-electron chi connectivity index (χ3n) is 6.37. The summed E-state index contributed by atoms with van der Waals surface area (Å²) in [7, 11) is 4.16. The van der Waals surface area contributed by atoms with Crippen molar-refractivity contribution in [3.8, 4) is 0 Å². The second-order valence-corrected chi connectivity index (χ2v) is 8.42. The molecule has 3 fully saturated rings. The van der Waals surface area contributed by atoms with Gasteiger partial charge in [0.1, 0.15) is 0 Å². The lowest BCUT2D eigenvalue weighted by Crippen LogP contribution is -2.43.